The van der Waals surface area contributed by atoms with Gasteiger partial charge in [-0.25, -0.2) is 0 Å². The molecule has 16 heteroatoms. The molecule has 0 aliphatic rings. The van der Waals surface area contributed by atoms with E-state index in [1.807, 2.05) is 0 Å². The second-order valence-corrected chi connectivity index (χ2v) is 14.2. The highest BCUT2D eigenvalue weighted by atomic mass is 15.0. The van der Waals surface area contributed by atoms with Gasteiger partial charge in [-0.3, -0.25) is 0 Å². The second-order valence-electron chi connectivity index (χ2n) is 14.2. The van der Waals surface area contributed by atoms with Crippen molar-refractivity contribution >= 4 is 230 Å². The maximum Gasteiger partial charge on any atom is 0.141 e. The topological polar surface area (TPSA) is 20.7 Å². The van der Waals surface area contributed by atoms with E-state index < -0.39 is 0 Å². The van der Waals surface area contributed by atoms with Crippen molar-refractivity contribution < 1.29 is 0 Å². The zero-order valence-corrected chi connectivity index (χ0v) is 30.3. The molecule has 7 aromatic rings. The summed E-state index contributed by atoms with van der Waals surface area (Å²) in [5.41, 5.74) is 28.6. The average Bonchev–Trinajstić information content (AvgIpc) is 3.63. The van der Waals surface area contributed by atoms with Gasteiger partial charge in [-0.2, -0.15) is 0 Å². The molecule has 46 heavy (non-hydrogen) atoms. The molecule has 0 bridgehead atoms. The van der Waals surface area contributed by atoms with Crippen LogP contribution < -0.4 is 76.5 Å². The third kappa shape index (κ3) is 3.85. The Kier molecular flexibility index (Phi) is 7.17. The number of nitrogens with zero attached hydrogens (tertiary/aromatic N) is 1. The minimum atomic E-state index is 1.22. The van der Waals surface area contributed by atoms with Gasteiger partial charge in [-0.05, 0) is 34.0 Å². The van der Waals surface area contributed by atoms with Crippen LogP contribution in [-0.2, 0) is 0 Å². The van der Waals surface area contributed by atoms with Crippen LogP contribution in [0.25, 0.3) is 60.4 Å². The molecule has 0 unspecified atom stereocenters. The number of hydrogen-bond donors (Lipinski definition) is 1. The zero-order valence-electron chi connectivity index (χ0n) is 30.3. The highest BCUT2D eigenvalue weighted by Gasteiger charge is 2.27. The van der Waals surface area contributed by atoms with Gasteiger partial charge in [0.15, 0.2) is 0 Å². The summed E-state index contributed by atoms with van der Waals surface area (Å²) in [5, 5.41) is 5.58. The van der Waals surface area contributed by atoms with E-state index in [2.05, 4.69) is 150 Å². The van der Waals surface area contributed by atoms with Crippen molar-refractivity contribution in [1.82, 2.24) is 9.55 Å². The van der Waals surface area contributed by atoms with E-state index in [-0.39, 0.29) is 0 Å². The smallest absolute Gasteiger partial charge is 0.141 e. The lowest BCUT2D eigenvalue weighted by molar-refractivity contribution is 1.19. The monoisotopic (exact) mass is 576 g/mol. The number of benzene rings is 5. The lowest BCUT2D eigenvalue weighted by Gasteiger charge is -2.24. The first-order valence-electron chi connectivity index (χ1n) is 16.8. The van der Waals surface area contributed by atoms with E-state index in [0.29, 0.717) is 0 Å². The number of aromatic amines is 1. The summed E-state index contributed by atoms with van der Waals surface area (Å²) < 4.78 is 2.56. The van der Waals surface area contributed by atoms with Crippen molar-refractivity contribution in [2.45, 2.75) is 0 Å². The highest BCUT2D eigenvalue weighted by Crippen LogP contribution is 2.30. The lowest BCUT2D eigenvalue weighted by atomic mass is 9.61. The molecule has 2 nitrogen and oxygen atoms in total. The van der Waals surface area contributed by atoms with Crippen LogP contribution in [0.2, 0.25) is 0 Å². The third-order valence-corrected chi connectivity index (χ3v) is 12.4. The highest BCUT2D eigenvalue weighted by molar-refractivity contribution is 6.72. The molecule has 1 N–H and O–H groups in total. The minimum absolute atomic E-state index is 1.22. The summed E-state index contributed by atoms with van der Waals surface area (Å²) in [6.45, 7) is 0. The number of rotatable bonds is 2. The molecule has 0 saturated heterocycles. The van der Waals surface area contributed by atoms with Gasteiger partial charge in [0.1, 0.15) is 110 Å². The Morgan fingerprint density at radius 1 is 0.348 bits per heavy atom. The van der Waals surface area contributed by atoms with Crippen LogP contribution in [0.5, 0.6) is 0 Å². The normalized spacial score (nSPS) is 11.8. The molecule has 7 rings (SSSR count). The number of H-pyrrole nitrogens is 1. The fourth-order valence-electron chi connectivity index (χ4n) is 8.83. The van der Waals surface area contributed by atoms with Crippen LogP contribution >= 0.6 is 0 Å². The maximum atomic E-state index is 3.92. The summed E-state index contributed by atoms with van der Waals surface area (Å²) >= 11 is 0. The molecule has 0 radical (unpaired) electrons. The van der Waals surface area contributed by atoms with Crippen molar-refractivity contribution in [1.29, 1.82) is 0 Å². The van der Waals surface area contributed by atoms with Crippen molar-refractivity contribution in [3.63, 3.8) is 0 Å². The summed E-state index contributed by atoms with van der Waals surface area (Å²) in [4.78, 5) is 3.92. The van der Waals surface area contributed by atoms with Crippen molar-refractivity contribution in [3.8, 4) is 16.8 Å². The van der Waals surface area contributed by atoms with Crippen molar-refractivity contribution in [2.24, 2.45) is 0 Å². The Morgan fingerprint density at radius 2 is 0.717 bits per heavy atom. The molecule has 0 aliphatic carbocycles. The summed E-state index contributed by atoms with van der Waals surface area (Å²) in [6, 6.07) is 11.0. The van der Waals surface area contributed by atoms with Crippen LogP contribution in [0, 0.1) is 0 Å². The number of fused-ring (bicyclic) bond motifs is 6. The molecule has 0 spiro atoms. The van der Waals surface area contributed by atoms with Gasteiger partial charge in [-0.1, -0.05) is 83.8 Å². The number of nitrogens with one attached hydrogen (secondary N) is 1. The van der Waals surface area contributed by atoms with E-state index >= 15 is 0 Å². The average molecular weight is 574 g/mol. The number of aromatic nitrogens is 2. The van der Waals surface area contributed by atoms with Crippen molar-refractivity contribution in [3.05, 3.63) is 30.3 Å². The number of para-hydroxylation sites is 1. The largest absolute Gasteiger partial charge is 0.356 e. The number of hydrogen-bond acceptors (Lipinski definition) is 0. The van der Waals surface area contributed by atoms with Gasteiger partial charge in [0.05, 0.1) is 0 Å². The summed E-state index contributed by atoms with van der Waals surface area (Å²) in [7, 11) is 32.5. The molecule has 206 valence electrons. The van der Waals surface area contributed by atoms with E-state index in [1.54, 1.807) is 0 Å². The first-order valence-corrected chi connectivity index (χ1v) is 16.8. The van der Waals surface area contributed by atoms with Gasteiger partial charge in [0.25, 0.3) is 0 Å². The molecule has 2 heterocycles. The Labute approximate surface area is 285 Å². The Hall–Kier alpha value is -3.39. The van der Waals surface area contributed by atoms with Crippen LogP contribution in [0.3, 0.4) is 0 Å². The predicted molar refractivity (Wildman–Crippen MR) is 250 cm³/mol. The van der Waals surface area contributed by atoms with Gasteiger partial charge in [0, 0.05) is 38.5 Å². The van der Waals surface area contributed by atoms with E-state index in [0.717, 1.165) is 0 Å². The zero-order chi connectivity index (χ0) is 33.3. The van der Waals surface area contributed by atoms with Crippen LogP contribution in [0.15, 0.2) is 30.3 Å². The minimum Gasteiger partial charge on any atom is -0.356 e. The lowest BCUT2D eigenvalue weighted by Crippen LogP contribution is -2.48. The molecule has 0 atom stereocenters. The summed E-state index contributed by atoms with van der Waals surface area (Å²) in [6.07, 6.45) is 0. The van der Waals surface area contributed by atoms with Crippen molar-refractivity contribution in [2.75, 3.05) is 0 Å². The van der Waals surface area contributed by atoms with Crippen LogP contribution in [-0.4, -0.2) is 119 Å². The molecular formula is C30H34B14N2. The van der Waals surface area contributed by atoms with Crippen LogP contribution in [0.4, 0.5) is 0 Å². The molecule has 0 fully saturated rings. The Balaban J connectivity index is 1.73. The fraction of sp³-hybridized carbons (Fsp3) is 0. The van der Waals surface area contributed by atoms with E-state index in [9.17, 15) is 0 Å². The maximum absolute atomic E-state index is 3.92. The summed E-state index contributed by atoms with van der Waals surface area (Å²) in [5.74, 6) is 0. The molecule has 0 aliphatic heterocycles. The molecular weight excluding hydrogens is 540 g/mol. The third-order valence-electron chi connectivity index (χ3n) is 12.4. The molecule has 0 amide bonds. The molecule has 5 aromatic carbocycles. The van der Waals surface area contributed by atoms with E-state index in [1.165, 1.54) is 137 Å². The fourth-order valence-corrected chi connectivity index (χ4v) is 8.83. The standard InChI is InChI=1S/C30H34B14N2/c31-13-7(15(33)23(41)27-9(13)10-17(35)19(37)21(39)24(42)28(10)45-27)8-14(32)11-12-18(36)20(38)22(40)26(44)30(12)46(6-4-2-1-3-5-6)29(11)25(43)16(8)34/h1-5,45H,31-44H2. The first kappa shape index (κ1) is 31.2. The Morgan fingerprint density at radius 3 is 1.28 bits per heavy atom. The van der Waals surface area contributed by atoms with Gasteiger partial charge in [0.2, 0.25) is 0 Å². The second kappa shape index (κ2) is 10.6. The van der Waals surface area contributed by atoms with Gasteiger partial charge < -0.3 is 9.55 Å². The first-order chi connectivity index (χ1) is 21.7. The SMILES string of the molecule is Bc1c(B)c(B)c2c([nH]c3c(B)c(B)c(-c4c(B)c(B)c5c(c4B)c4c(B)c(B)c(B)c(B)c4n5-c4ccccc4)c(B)c32)c1B. The molecule has 0 saturated carbocycles. The quantitative estimate of drug-likeness (QED) is 0.199. The van der Waals surface area contributed by atoms with E-state index in [4.69, 9.17) is 0 Å². The van der Waals surface area contributed by atoms with Gasteiger partial charge >= 0.3 is 0 Å². The molecule has 2 aromatic heterocycles. The van der Waals surface area contributed by atoms with Crippen LogP contribution in [0.1, 0.15) is 0 Å². The predicted octanol–water partition coefficient (Wildman–Crippen LogP) is -16.3. The van der Waals surface area contributed by atoms with Gasteiger partial charge in [-0.15, -0.1) is 10.9 Å². The Bertz CT molecular complexity index is 2520.